The Morgan fingerprint density at radius 2 is 1.73 bits per heavy atom. The van der Waals surface area contributed by atoms with Crippen LogP contribution in [0, 0.1) is 5.82 Å². The van der Waals surface area contributed by atoms with Crippen molar-refractivity contribution in [2.24, 2.45) is 5.14 Å². The normalized spacial score (nSPS) is 12.3. The molecule has 3 rings (SSSR count). The van der Waals surface area contributed by atoms with Gasteiger partial charge in [-0.2, -0.15) is 13.2 Å². The molecule has 0 atom stereocenters. The summed E-state index contributed by atoms with van der Waals surface area (Å²) >= 11 is 0. The van der Waals surface area contributed by atoms with Crippen LogP contribution in [0.3, 0.4) is 0 Å². The molecule has 11 heteroatoms. The standard InChI is InChI=1S/C15H10F4N4O2S/c16-12-5-6-21-7-11(12)14-22-13(15(17,18)19)8-23(14)9-1-3-10(4-2-9)26(20,24)25/h1-8H,(H2,20,24,25)/i16-1. The van der Waals surface area contributed by atoms with E-state index in [1.165, 1.54) is 12.1 Å². The lowest BCUT2D eigenvalue weighted by atomic mass is 10.2. The molecule has 26 heavy (non-hydrogen) atoms. The Labute approximate surface area is 145 Å². The fourth-order valence-electron chi connectivity index (χ4n) is 2.24. The first-order chi connectivity index (χ1) is 12.1. The van der Waals surface area contributed by atoms with E-state index in [9.17, 15) is 26.0 Å². The lowest BCUT2D eigenvalue weighted by Gasteiger charge is -2.09. The number of hydrogen-bond acceptors (Lipinski definition) is 4. The van der Waals surface area contributed by atoms with Crippen LogP contribution >= 0.6 is 0 Å². The molecule has 0 saturated carbocycles. The quantitative estimate of drug-likeness (QED) is 0.702. The van der Waals surface area contributed by atoms with Crippen molar-refractivity contribution in [2.45, 2.75) is 11.1 Å². The second kappa shape index (κ2) is 6.18. The summed E-state index contributed by atoms with van der Waals surface area (Å²) in [5.74, 6) is -1.13. The number of benzene rings is 1. The smallest absolute Gasteiger partial charge is 0.299 e. The van der Waals surface area contributed by atoms with Crippen molar-refractivity contribution in [3.05, 3.63) is 60.4 Å². The van der Waals surface area contributed by atoms with E-state index in [0.29, 0.717) is 6.20 Å². The first kappa shape index (κ1) is 18.0. The van der Waals surface area contributed by atoms with Crippen LogP contribution in [0.15, 0.2) is 53.8 Å². The molecule has 0 aliphatic heterocycles. The summed E-state index contributed by atoms with van der Waals surface area (Å²) in [4.78, 5) is 6.96. The monoisotopic (exact) mass is 385 g/mol. The minimum atomic E-state index is -4.75. The molecule has 0 bridgehead atoms. The number of halogens is 4. The summed E-state index contributed by atoms with van der Waals surface area (Å²) in [5, 5.41) is 4.99. The Morgan fingerprint density at radius 3 is 2.27 bits per heavy atom. The van der Waals surface area contributed by atoms with Crippen molar-refractivity contribution in [3.8, 4) is 17.1 Å². The van der Waals surface area contributed by atoms with Gasteiger partial charge >= 0.3 is 6.18 Å². The third-order valence-corrected chi connectivity index (χ3v) is 4.38. The van der Waals surface area contributed by atoms with Gasteiger partial charge in [0, 0.05) is 24.3 Å². The Balaban J connectivity index is 2.20. The van der Waals surface area contributed by atoms with Gasteiger partial charge in [0.2, 0.25) is 10.0 Å². The number of imidazole rings is 1. The zero-order valence-electron chi connectivity index (χ0n) is 12.8. The highest BCUT2D eigenvalue weighted by molar-refractivity contribution is 7.89. The second-order valence-corrected chi connectivity index (χ2v) is 6.77. The number of nitrogens with zero attached hydrogens (tertiary/aromatic N) is 3. The molecule has 2 aromatic heterocycles. The molecule has 1 aromatic carbocycles. The number of nitrogens with two attached hydrogens (primary N) is 1. The molecule has 0 saturated heterocycles. The van der Waals surface area contributed by atoms with Crippen LogP contribution in [-0.2, 0) is 16.2 Å². The molecule has 0 unspecified atom stereocenters. The highest BCUT2D eigenvalue weighted by atomic mass is 32.2. The summed E-state index contributed by atoms with van der Waals surface area (Å²) in [7, 11) is -3.96. The van der Waals surface area contributed by atoms with E-state index in [-0.39, 0.29) is 22.0 Å². The van der Waals surface area contributed by atoms with Crippen LogP contribution in [0.5, 0.6) is 0 Å². The molecular formula is C15H10F4N4O2S. The maximum Gasteiger partial charge on any atom is 0.434 e. The molecule has 0 aliphatic rings. The SMILES string of the molecule is NS(=O)(=O)c1ccc(-n2cc(C(F)(F)F)nc2-c2cnccc2[18F])cc1. The summed E-state index contributed by atoms with van der Waals surface area (Å²) in [6.45, 7) is 0. The maximum atomic E-state index is 14.0. The number of alkyl halides is 3. The second-order valence-electron chi connectivity index (χ2n) is 5.21. The van der Waals surface area contributed by atoms with Crippen LogP contribution in [0.4, 0.5) is 17.6 Å². The van der Waals surface area contributed by atoms with Crippen molar-refractivity contribution in [1.82, 2.24) is 14.5 Å². The minimum absolute atomic E-state index is 0.138. The Bertz CT molecular complexity index is 1060. The van der Waals surface area contributed by atoms with Gasteiger partial charge in [-0.25, -0.2) is 22.9 Å². The zero-order valence-corrected chi connectivity index (χ0v) is 13.6. The summed E-state index contributed by atoms with van der Waals surface area (Å²) < 4.78 is 76.8. The van der Waals surface area contributed by atoms with Gasteiger partial charge < -0.3 is 0 Å². The molecule has 136 valence electrons. The van der Waals surface area contributed by atoms with E-state index in [1.807, 2.05) is 0 Å². The van der Waals surface area contributed by atoms with Crippen molar-refractivity contribution in [1.29, 1.82) is 0 Å². The van der Waals surface area contributed by atoms with E-state index in [4.69, 9.17) is 5.14 Å². The van der Waals surface area contributed by atoms with Crippen LogP contribution in [0.25, 0.3) is 17.1 Å². The molecule has 0 spiro atoms. The van der Waals surface area contributed by atoms with Crippen molar-refractivity contribution in [3.63, 3.8) is 0 Å². The third kappa shape index (κ3) is 3.44. The van der Waals surface area contributed by atoms with E-state index in [0.717, 1.165) is 35.2 Å². The van der Waals surface area contributed by atoms with E-state index >= 15 is 0 Å². The van der Waals surface area contributed by atoms with Gasteiger partial charge in [-0.1, -0.05) is 0 Å². The van der Waals surface area contributed by atoms with E-state index < -0.39 is 27.7 Å². The van der Waals surface area contributed by atoms with Gasteiger partial charge in [-0.05, 0) is 30.3 Å². The highest BCUT2D eigenvalue weighted by Crippen LogP contribution is 2.33. The van der Waals surface area contributed by atoms with E-state index in [2.05, 4.69) is 9.97 Å². The lowest BCUT2D eigenvalue weighted by molar-refractivity contribution is -0.140. The van der Waals surface area contributed by atoms with Gasteiger partial charge in [0.05, 0.1) is 10.5 Å². The molecule has 0 aliphatic carbocycles. The summed E-state index contributed by atoms with van der Waals surface area (Å²) in [6.07, 6.45) is -1.86. The average molecular weight is 385 g/mol. The number of pyridine rings is 1. The van der Waals surface area contributed by atoms with Gasteiger partial charge in [0.25, 0.3) is 0 Å². The third-order valence-electron chi connectivity index (χ3n) is 3.45. The fraction of sp³-hybridized carbons (Fsp3) is 0.0667. The van der Waals surface area contributed by atoms with Crippen molar-refractivity contribution < 1.29 is 26.0 Å². The Morgan fingerprint density at radius 1 is 1.08 bits per heavy atom. The van der Waals surface area contributed by atoms with Crippen LogP contribution in [-0.4, -0.2) is 23.0 Å². The van der Waals surface area contributed by atoms with Crippen LogP contribution in [0.2, 0.25) is 0 Å². The number of hydrogen-bond donors (Lipinski definition) is 1. The van der Waals surface area contributed by atoms with Crippen molar-refractivity contribution >= 4 is 10.0 Å². The van der Waals surface area contributed by atoms with Crippen LogP contribution in [0.1, 0.15) is 5.69 Å². The molecule has 0 fully saturated rings. The Hall–Kier alpha value is -2.79. The molecule has 3 aromatic rings. The lowest BCUT2D eigenvalue weighted by Crippen LogP contribution is -2.12. The minimum Gasteiger partial charge on any atom is -0.299 e. The molecule has 0 amide bonds. The summed E-state index contributed by atoms with van der Waals surface area (Å²) in [5.41, 5.74) is -1.33. The van der Waals surface area contributed by atoms with Gasteiger partial charge in [0.15, 0.2) is 5.69 Å². The number of rotatable bonds is 3. The topological polar surface area (TPSA) is 90.9 Å². The van der Waals surface area contributed by atoms with Gasteiger partial charge in [-0.3, -0.25) is 9.55 Å². The van der Waals surface area contributed by atoms with Crippen molar-refractivity contribution in [2.75, 3.05) is 0 Å². The maximum absolute atomic E-state index is 14.0. The first-order valence-electron chi connectivity index (χ1n) is 6.97. The molecule has 6 nitrogen and oxygen atoms in total. The summed E-state index contributed by atoms with van der Waals surface area (Å²) in [6, 6.07) is 5.72. The van der Waals surface area contributed by atoms with Crippen LogP contribution < -0.4 is 5.14 Å². The fourth-order valence-corrected chi connectivity index (χ4v) is 2.76. The number of aromatic nitrogens is 3. The molecule has 0 radical (unpaired) electrons. The Kier molecular flexibility index (Phi) is 4.28. The molecular weight excluding hydrogens is 375 g/mol. The predicted molar refractivity (Wildman–Crippen MR) is 83.1 cm³/mol. The average Bonchev–Trinajstić information content (AvgIpc) is 3.00. The molecule has 2 heterocycles. The number of sulfonamides is 1. The largest absolute Gasteiger partial charge is 0.434 e. The van der Waals surface area contributed by atoms with Gasteiger partial charge in [-0.15, -0.1) is 0 Å². The zero-order chi connectivity index (χ0) is 19.1. The predicted octanol–water partition coefficient (Wildman–Crippen LogP) is 2.74. The highest BCUT2D eigenvalue weighted by Gasteiger charge is 2.35. The van der Waals surface area contributed by atoms with Gasteiger partial charge in [0.1, 0.15) is 11.6 Å². The number of primary sulfonamides is 1. The molecule has 2 N–H and O–H groups in total. The first-order valence-corrected chi connectivity index (χ1v) is 8.52. The van der Waals surface area contributed by atoms with E-state index in [1.54, 1.807) is 0 Å².